The number of benzene rings is 2. The van der Waals surface area contributed by atoms with Crippen molar-refractivity contribution in [1.29, 1.82) is 0 Å². The third-order valence-corrected chi connectivity index (χ3v) is 4.15. The fourth-order valence-electron chi connectivity index (χ4n) is 2.77. The molecule has 0 aliphatic rings. The number of anilines is 1. The van der Waals surface area contributed by atoms with Crippen LogP contribution in [0, 0.1) is 0 Å². The van der Waals surface area contributed by atoms with E-state index in [1.54, 1.807) is 35.0 Å². The number of tetrazole rings is 1. The number of hydrogen-bond donors (Lipinski definition) is 2. The van der Waals surface area contributed by atoms with Crippen LogP contribution in [0.3, 0.4) is 0 Å². The molecular formula is C19H17N7O2. The molecule has 2 aromatic heterocycles. The summed E-state index contributed by atoms with van der Waals surface area (Å²) in [5.41, 5.74) is 2.88. The van der Waals surface area contributed by atoms with Crippen LogP contribution in [-0.2, 0) is 6.54 Å². The summed E-state index contributed by atoms with van der Waals surface area (Å²) in [7, 11) is 0. The molecule has 1 amide bonds. The lowest BCUT2D eigenvalue weighted by atomic mass is 10.1. The monoisotopic (exact) mass is 375 g/mol. The molecule has 0 fully saturated rings. The van der Waals surface area contributed by atoms with E-state index in [2.05, 4.69) is 25.9 Å². The molecular weight excluding hydrogens is 358 g/mol. The Morgan fingerprint density at radius 1 is 1.07 bits per heavy atom. The lowest BCUT2D eigenvalue weighted by molar-refractivity contribution is 0.102. The Kier molecular flexibility index (Phi) is 4.89. The second-order valence-corrected chi connectivity index (χ2v) is 5.98. The average molecular weight is 375 g/mol. The van der Waals surface area contributed by atoms with Gasteiger partial charge in [-0.15, -0.1) is 5.10 Å². The van der Waals surface area contributed by atoms with Gasteiger partial charge in [-0.05, 0) is 34.7 Å². The zero-order valence-electron chi connectivity index (χ0n) is 14.8. The topological polar surface area (TPSA) is 111 Å². The van der Waals surface area contributed by atoms with Crippen LogP contribution in [-0.4, -0.2) is 47.6 Å². The predicted molar refractivity (Wildman–Crippen MR) is 102 cm³/mol. The molecule has 28 heavy (non-hydrogen) atoms. The van der Waals surface area contributed by atoms with Crippen LogP contribution < -0.4 is 5.32 Å². The molecule has 0 unspecified atom stereocenters. The van der Waals surface area contributed by atoms with Crippen molar-refractivity contribution in [1.82, 2.24) is 30.0 Å². The zero-order valence-corrected chi connectivity index (χ0v) is 14.8. The third kappa shape index (κ3) is 3.64. The number of nitrogens with zero attached hydrogens (tertiary/aromatic N) is 6. The van der Waals surface area contributed by atoms with Crippen LogP contribution in [0.4, 0.5) is 5.82 Å². The molecule has 0 aliphatic carbocycles. The summed E-state index contributed by atoms with van der Waals surface area (Å²) >= 11 is 0. The van der Waals surface area contributed by atoms with Crippen LogP contribution in [0.5, 0.6) is 0 Å². The second kappa shape index (κ2) is 7.80. The summed E-state index contributed by atoms with van der Waals surface area (Å²) in [6.07, 6.45) is 1.48. The number of aromatic nitrogens is 6. The molecule has 4 rings (SSSR count). The summed E-state index contributed by atoms with van der Waals surface area (Å²) in [6.45, 7) is 0.195. The van der Waals surface area contributed by atoms with Gasteiger partial charge >= 0.3 is 0 Å². The summed E-state index contributed by atoms with van der Waals surface area (Å²) < 4.78 is 3.08. The Hall–Kier alpha value is -3.85. The molecule has 0 aliphatic heterocycles. The number of rotatable bonds is 6. The van der Waals surface area contributed by atoms with E-state index in [4.69, 9.17) is 0 Å². The van der Waals surface area contributed by atoms with E-state index in [1.807, 2.05) is 30.3 Å². The highest BCUT2D eigenvalue weighted by atomic mass is 16.3. The molecule has 9 nitrogen and oxygen atoms in total. The van der Waals surface area contributed by atoms with Crippen molar-refractivity contribution < 1.29 is 9.90 Å². The van der Waals surface area contributed by atoms with E-state index in [0.29, 0.717) is 11.4 Å². The van der Waals surface area contributed by atoms with Gasteiger partial charge in [0.2, 0.25) is 0 Å². The van der Waals surface area contributed by atoms with Crippen LogP contribution >= 0.6 is 0 Å². The molecule has 0 spiro atoms. The third-order valence-electron chi connectivity index (χ3n) is 4.15. The normalized spacial score (nSPS) is 10.8. The number of carbonyl (C=O) groups is 1. The lowest BCUT2D eigenvalue weighted by Gasteiger charge is -2.08. The van der Waals surface area contributed by atoms with Crippen LogP contribution in [0.2, 0.25) is 0 Å². The van der Waals surface area contributed by atoms with Crippen molar-refractivity contribution in [3.05, 3.63) is 72.6 Å². The van der Waals surface area contributed by atoms with Gasteiger partial charge in [-0.25, -0.2) is 9.36 Å². The number of carbonyl (C=O) groups excluding carboxylic acids is 1. The van der Waals surface area contributed by atoms with E-state index < -0.39 is 0 Å². The molecule has 2 N–H and O–H groups in total. The highest BCUT2D eigenvalue weighted by Crippen LogP contribution is 2.22. The molecule has 0 radical (unpaired) electrons. The smallest absolute Gasteiger partial charge is 0.256 e. The number of hydrogen-bond acceptors (Lipinski definition) is 6. The number of amides is 1. The molecule has 2 heterocycles. The van der Waals surface area contributed by atoms with Crippen molar-refractivity contribution in [2.24, 2.45) is 0 Å². The Morgan fingerprint density at radius 3 is 2.54 bits per heavy atom. The number of aliphatic hydroxyl groups excluding tert-OH is 1. The molecule has 0 bridgehead atoms. The maximum atomic E-state index is 12.7. The van der Waals surface area contributed by atoms with Crippen molar-refractivity contribution in [2.75, 3.05) is 11.9 Å². The van der Waals surface area contributed by atoms with Gasteiger partial charge < -0.3 is 10.4 Å². The van der Waals surface area contributed by atoms with E-state index in [9.17, 15) is 9.90 Å². The maximum absolute atomic E-state index is 12.7. The van der Waals surface area contributed by atoms with E-state index >= 15 is 0 Å². The first kappa shape index (κ1) is 17.6. The number of nitrogens with one attached hydrogen (secondary N) is 1. The van der Waals surface area contributed by atoms with Crippen LogP contribution in [0.25, 0.3) is 16.9 Å². The SMILES string of the molecule is O=C(Nc1cc(-c2ccccc2)nn1CCO)c1ccc(-n2cnnn2)cc1. The van der Waals surface area contributed by atoms with E-state index in [0.717, 1.165) is 16.9 Å². The minimum atomic E-state index is -0.276. The van der Waals surface area contributed by atoms with E-state index in [1.165, 1.54) is 11.0 Å². The Bertz CT molecular complexity index is 1060. The van der Waals surface area contributed by atoms with Gasteiger partial charge in [-0.1, -0.05) is 30.3 Å². The second-order valence-electron chi connectivity index (χ2n) is 5.98. The lowest BCUT2D eigenvalue weighted by Crippen LogP contribution is -2.16. The van der Waals surface area contributed by atoms with Crippen molar-refractivity contribution in [3.8, 4) is 16.9 Å². The Balaban J connectivity index is 1.56. The van der Waals surface area contributed by atoms with Gasteiger partial charge in [-0.2, -0.15) is 5.10 Å². The highest BCUT2D eigenvalue weighted by Gasteiger charge is 2.13. The molecule has 4 aromatic rings. The average Bonchev–Trinajstić information content (AvgIpc) is 3.40. The van der Waals surface area contributed by atoms with Gasteiger partial charge in [0, 0.05) is 17.2 Å². The van der Waals surface area contributed by atoms with Crippen molar-refractivity contribution >= 4 is 11.7 Å². The van der Waals surface area contributed by atoms with Gasteiger partial charge in [0.05, 0.1) is 24.5 Å². The fourth-order valence-corrected chi connectivity index (χ4v) is 2.77. The van der Waals surface area contributed by atoms with Crippen molar-refractivity contribution in [2.45, 2.75) is 6.54 Å². The first-order valence-corrected chi connectivity index (χ1v) is 8.63. The molecule has 0 atom stereocenters. The van der Waals surface area contributed by atoms with Gasteiger partial charge in [0.15, 0.2) is 0 Å². The first-order valence-electron chi connectivity index (χ1n) is 8.63. The summed E-state index contributed by atoms with van der Waals surface area (Å²) in [5, 5.41) is 27.6. The molecule has 0 saturated carbocycles. The minimum Gasteiger partial charge on any atom is -0.394 e. The van der Waals surface area contributed by atoms with Crippen LogP contribution in [0.15, 0.2) is 67.0 Å². The standard InChI is InChI=1S/C19H17N7O2/c27-11-10-25-18(12-17(22-25)14-4-2-1-3-5-14)21-19(28)15-6-8-16(9-7-15)26-13-20-23-24-26/h1-9,12-13,27H,10-11H2,(H,21,28). The van der Waals surface area contributed by atoms with Gasteiger partial charge in [0.25, 0.3) is 5.91 Å². The Morgan fingerprint density at radius 2 is 1.86 bits per heavy atom. The molecule has 9 heteroatoms. The number of aliphatic hydroxyl groups is 1. The molecule has 140 valence electrons. The molecule has 0 saturated heterocycles. The largest absolute Gasteiger partial charge is 0.394 e. The zero-order chi connectivity index (χ0) is 19.3. The molecule has 2 aromatic carbocycles. The van der Waals surface area contributed by atoms with Gasteiger partial charge in [-0.3, -0.25) is 4.79 Å². The highest BCUT2D eigenvalue weighted by molar-refractivity contribution is 6.04. The van der Waals surface area contributed by atoms with Gasteiger partial charge in [0.1, 0.15) is 12.1 Å². The summed E-state index contributed by atoms with van der Waals surface area (Å²) in [4.78, 5) is 12.7. The van der Waals surface area contributed by atoms with E-state index in [-0.39, 0.29) is 19.1 Å². The fraction of sp³-hybridized carbons (Fsp3) is 0.105. The summed E-state index contributed by atoms with van der Waals surface area (Å²) in [5.74, 6) is 0.240. The quantitative estimate of drug-likeness (QED) is 0.531. The Labute approximate surface area is 160 Å². The summed E-state index contributed by atoms with van der Waals surface area (Å²) in [6, 6.07) is 18.3. The minimum absolute atomic E-state index is 0.0839. The van der Waals surface area contributed by atoms with Crippen LogP contribution in [0.1, 0.15) is 10.4 Å². The predicted octanol–water partition coefficient (Wildman–Crippen LogP) is 1.77. The van der Waals surface area contributed by atoms with Crippen molar-refractivity contribution in [3.63, 3.8) is 0 Å². The maximum Gasteiger partial charge on any atom is 0.256 e. The first-order chi connectivity index (χ1) is 13.7.